The van der Waals surface area contributed by atoms with Crippen molar-refractivity contribution in [1.82, 2.24) is 14.5 Å². The molecule has 8 aliphatic rings. The molecule has 4 aliphatic heterocycles. The predicted octanol–water partition coefficient (Wildman–Crippen LogP) is 5.21. The van der Waals surface area contributed by atoms with E-state index in [4.69, 9.17) is 28.0 Å². The van der Waals surface area contributed by atoms with Crippen molar-refractivity contribution in [2.45, 2.75) is 137 Å². The van der Waals surface area contributed by atoms with E-state index in [2.05, 4.69) is 64.3 Å². The van der Waals surface area contributed by atoms with E-state index in [0.717, 1.165) is 114 Å². The lowest BCUT2D eigenvalue weighted by molar-refractivity contribution is 0.173. The van der Waals surface area contributed by atoms with Crippen LogP contribution in [0.1, 0.15) is 109 Å². The average molecular weight is 911 g/mol. The molecule has 10 rings (SSSR count). The summed E-state index contributed by atoms with van der Waals surface area (Å²) < 4.78 is 54.9. The number of terminal acetylenes is 2. The maximum Gasteiger partial charge on any atom is 0.332 e. The van der Waals surface area contributed by atoms with Crippen molar-refractivity contribution in [2.75, 3.05) is 44.6 Å². The molecular formula is C46H58N10O6S2. The summed E-state index contributed by atoms with van der Waals surface area (Å²) in [5, 5.41) is 32.0. The van der Waals surface area contributed by atoms with E-state index in [0.29, 0.717) is 39.0 Å². The Balaban J connectivity index is 0.000000146. The van der Waals surface area contributed by atoms with Gasteiger partial charge in [0.25, 0.3) is 6.26 Å². The second-order valence-corrected chi connectivity index (χ2v) is 22.1. The van der Waals surface area contributed by atoms with E-state index >= 15 is 0 Å². The number of hydrogen-bond acceptors (Lipinski definition) is 13. The fourth-order valence-electron chi connectivity index (χ4n) is 10.1. The summed E-state index contributed by atoms with van der Waals surface area (Å²) in [5.74, 6) is 6.09. The topological polar surface area (TPSA) is 224 Å². The zero-order valence-electron chi connectivity index (χ0n) is 36.4. The minimum atomic E-state index is -3.73. The molecule has 64 heavy (non-hydrogen) atoms. The molecule has 18 heteroatoms. The van der Waals surface area contributed by atoms with Gasteiger partial charge in [-0.3, -0.25) is 0 Å². The number of fused-ring (bicyclic) bond motifs is 4. The quantitative estimate of drug-likeness (QED) is 0.157. The van der Waals surface area contributed by atoms with Crippen molar-refractivity contribution < 1.29 is 26.4 Å². The van der Waals surface area contributed by atoms with Gasteiger partial charge in [0, 0.05) is 83.5 Å². The minimum absolute atomic E-state index is 0.279. The Morgan fingerprint density at radius 1 is 0.703 bits per heavy atom. The van der Waals surface area contributed by atoms with Crippen LogP contribution in [0, 0.1) is 36.2 Å². The molecular weight excluding hydrogens is 853 g/mol. The first-order chi connectivity index (χ1) is 30.7. The molecule has 0 aromatic heterocycles. The highest BCUT2D eigenvalue weighted by atomic mass is 32.2. The molecule has 0 unspecified atom stereocenters. The summed E-state index contributed by atoms with van der Waals surface area (Å²) >= 11 is 0. The molecule has 16 nitrogen and oxygen atoms in total. The van der Waals surface area contributed by atoms with Crippen LogP contribution in [0.15, 0.2) is 32.6 Å². The Hall–Kier alpha value is -4.90. The number of carbonyl (C=O) groups is 1. The third-order valence-electron chi connectivity index (χ3n) is 14.0. The van der Waals surface area contributed by atoms with Crippen molar-refractivity contribution in [1.29, 1.82) is 5.26 Å². The van der Waals surface area contributed by atoms with Gasteiger partial charge in [0.15, 0.2) is 11.3 Å². The van der Waals surface area contributed by atoms with Gasteiger partial charge < -0.3 is 19.9 Å². The number of nitrogens with one attached hydrogen (secondary N) is 2. The maximum absolute atomic E-state index is 12.7. The largest absolute Gasteiger partial charge is 0.387 e. The molecule has 2 aromatic carbocycles. The Morgan fingerprint density at radius 3 is 1.53 bits per heavy atom. The van der Waals surface area contributed by atoms with Crippen LogP contribution in [-0.2, 0) is 71.4 Å². The number of anilines is 1. The molecule has 0 spiro atoms. The number of urea groups is 1. The summed E-state index contributed by atoms with van der Waals surface area (Å²) in [4.78, 5) is 16.8. The van der Waals surface area contributed by atoms with Gasteiger partial charge in [-0.2, -0.15) is 20.5 Å². The van der Waals surface area contributed by atoms with Gasteiger partial charge in [0.05, 0.1) is 0 Å². The molecule has 2 aromatic rings. The number of ether oxygens (including phenoxy) is 1. The summed E-state index contributed by atoms with van der Waals surface area (Å²) in [7, 11) is -7.10. The molecule has 2 fully saturated rings. The number of aryl methyl sites for hydroxylation is 4. The van der Waals surface area contributed by atoms with E-state index in [1.807, 2.05) is 6.26 Å². The van der Waals surface area contributed by atoms with Gasteiger partial charge in [0.1, 0.15) is 16.2 Å². The first kappa shape index (κ1) is 45.7. The van der Waals surface area contributed by atoms with Crippen LogP contribution in [0.25, 0.3) is 0 Å². The standard InChI is InChI=1S/C23H29N5O3S.C13H13NO.C10H16N4O2S/c1-2-3-10-23(26-27-23)11-12-28-14-18(15-28)32(30,31)25-22(29)24-21-19-8-4-6-16(19)13-17-7-5-9-20(17)21;14-8-15-13-11-5-1-3-9(11)7-10-4-2-6-12(10)13;1-2-3-4-10(12-13-10)5-6-14-7-9(8-14)17(11,15)16/h1,13,18H,3-12,14-15H2,(H2,24,25,29);7H,1-6H2;1,9H,3-8H2,(H2,11,15,16). The second kappa shape index (κ2) is 18.9. The molecule has 340 valence electrons. The number of amides is 2. The normalized spacial score (nSPS) is 20.5. The summed E-state index contributed by atoms with van der Waals surface area (Å²) in [6.45, 7) is 3.36. The number of nitrogens with two attached hydrogens (primary N) is 1. The zero-order chi connectivity index (χ0) is 45.1. The maximum atomic E-state index is 12.7. The second-order valence-electron chi connectivity index (χ2n) is 18.3. The molecule has 4 heterocycles. The predicted molar refractivity (Wildman–Crippen MR) is 242 cm³/mol. The highest BCUT2D eigenvalue weighted by Crippen LogP contribution is 2.42. The first-order valence-corrected chi connectivity index (χ1v) is 25.8. The van der Waals surface area contributed by atoms with Gasteiger partial charge >= 0.3 is 6.03 Å². The Kier molecular flexibility index (Phi) is 13.5. The van der Waals surface area contributed by atoms with E-state index in [1.54, 1.807) is 0 Å². The van der Waals surface area contributed by atoms with Gasteiger partial charge in [-0.25, -0.2) is 31.5 Å². The van der Waals surface area contributed by atoms with Gasteiger partial charge in [-0.1, -0.05) is 12.1 Å². The summed E-state index contributed by atoms with van der Waals surface area (Å²) in [6, 6.07) is 3.97. The van der Waals surface area contributed by atoms with Crippen LogP contribution in [0.4, 0.5) is 10.5 Å². The van der Waals surface area contributed by atoms with Crippen molar-refractivity contribution in [3.8, 4) is 36.7 Å². The van der Waals surface area contributed by atoms with E-state index in [1.165, 1.54) is 57.3 Å². The number of carbonyl (C=O) groups excluding carboxylic acids is 1. The van der Waals surface area contributed by atoms with Crippen LogP contribution >= 0.6 is 0 Å². The Labute approximate surface area is 377 Å². The molecule has 0 bridgehead atoms. The third kappa shape index (κ3) is 10.5. The Morgan fingerprint density at radius 2 is 1.12 bits per heavy atom. The van der Waals surface area contributed by atoms with Crippen LogP contribution in [0.5, 0.6) is 5.75 Å². The van der Waals surface area contributed by atoms with Gasteiger partial charge in [0.2, 0.25) is 20.0 Å². The molecule has 4 aliphatic carbocycles. The fraction of sp³-hybridized carbons (Fsp3) is 0.609. The summed E-state index contributed by atoms with van der Waals surface area (Å²) in [5.41, 5.74) is 10.6. The molecule has 4 N–H and O–H groups in total. The van der Waals surface area contributed by atoms with Gasteiger partial charge in [-0.15, -0.1) is 29.9 Å². The average Bonchev–Trinajstić information content (AvgIpc) is 3.74. The number of nitrogens with zero attached hydrogens (tertiary/aromatic N) is 7. The lowest BCUT2D eigenvalue weighted by Crippen LogP contribution is -2.58. The van der Waals surface area contributed by atoms with Crippen LogP contribution in [0.3, 0.4) is 0 Å². The minimum Gasteiger partial charge on any atom is -0.387 e. The number of nitriles is 1. The lowest BCUT2D eigenvalue weighted by Gasteiger charge is -2.38. The van der Waals surface area contributed by atoms with E-state index in [9.17, 15) is 21.6 Å². The number of hydrogen-bond donors (Lipinski definition) is 3. The van der Waals surface area contributed by atoms with E-state index < -0.39 is 36.6 Å². The Bertz CT molecular complexity index is 2490. The molecule has 2 saturated heterocycles. The fourth-order valence-corrected chi connectivity index (χ4v) is 12.2. The van der Waals surface area contributed by atoms with Crippen molar-refractivity contribution >= 4 is 31.8 Å². The van der Waals surface area contributed by atoms with E-state index in [-0.39, 0.29) is 11.3 Å². The number of primary sulfonamides is 1. The SMILES string of the molecule is C#CCCC1(CCN2CC(S(=O)(=O)NC(=O)Nc3c4c(cc5c3CCC5)CCC4)C2)N=N1.C#CCCC1(CCN2CC(S(N)(=O)=O)C2)N=N1.N#COc1c2c(cc3c1CCC3)CCC2. The van der Waals surface area contributed by atoms with Crippen LogP contribution < -0.4 is 19.9 Å². The lowest BCUT2D eigenvalue weighted by atomic mass is 9.99. The molecule has 2 amide bonds. The van der Waals surface area contributed by atoms with Gasteiger partial charge in [-0.05, 0) is 122 Å². The van der Waals surface area contributed by atoms with Crippen LogP contribution in [-0.4, -0.2) is 93.8 Å². The third-order valence-corrected chi connectivity index (χ3v) is 16.9. The number of sulfonamides is 2. The highest BCUT2D eigenvalue weighted by molar-refractivity contribution is 7.90. The molecule has 0 atom stereocenters. The molecule has 0 saturated carbocycles. The van der Waals surface area contributed by atoms with Crippen molar-refractivity contribution in [3.05, 3.63) is 56.6 Å². The zero-order valence-corrected chi connectivity index (χ0v) is 38.0. The summed E-state index contributed by atoms with van der Waals surface area (Å²) in [6.07, 6.45) is 29.7. The highest BCUT2D eigenvalue weighted by Gasteiger charge is 2.44. The number of benzene rings is 2. The van der Waals surface area contributed by atoms with Crippen LogP contribution in [0.2, 0.25) is 0 Å². The molecule has 0 radical (unpaired) electrons. The monoisotopic (exact) mass is 910 g/mol. The first-order valence-electron chi connectivity index (χ1n) is 22.7. The number of likely N-dealkylation sites (tertiary alicyclic amines) is 2. The van der Waals surface area contributed by atoms with Crippen molar-refractivity contribution in [2.24, 2.45) is 25.6 Å². The number of rotatable bonds is 15. The van der Waals surface area contributed by atoms with Crippen molar-refractivity contribution in [3.63, 3.8) is 0 Å². The smallest absolute Gasteiger partial charge is 0.332 e.